The highest BCUT2D eigenvalue weighted by Gasteiger charge is 2.44. The first-order valence-corrected chi connectivity index (χ1v) is 10.4. The van der Waals surface area contributed by atoms with Gasteiger partial charge in [0.2, 0.25) is 0 Å². The first-order chi connectivity index (χ1) is 13.0. The van der Waals surface area contributed by atoms with Crippen LogP contribution < -0.4 is 4.74 Å². The van der Waals surface area contributed by atoms with E-state index in [1.54, 1.807) is 6.07 Å². The Morgan fingerprint density at radius 1 is 1.26 bits per heavy atom. The van der Waals surface area contributed by atoms with Crippen LogP contribution in [0.1, 0.15) is 63.0 Å². The van der Waals surface area contributed by atoms with E-state index >= 15 is 0 Å². The van der Waals surface area contributed by atoms with E-state index in [0.29, 0.717) is 17.6 Å². The van der Waals surface area contributed by atoms with Crippen LogP contribution in [0.25, 0.3) is 0 Å². The van der Waals surface area contributed by atoms with Crippen molar-refractivity contribution >= 4 is 6.16 Å². The zero-order chi connectivity index (χ0) is 19.4. The average Bonchev–Trinajstić information content (AvgIpc) is 2.92. The summed E-state index contributed by atoms with van der Waals surface area (Å²) in [6.45, 7) is 2.16. The van der Waals surface area contributed by atoms with Crippen LogP contribution in [-0.2, 0) is 12.8 Å². The predicted octanol–water partition coefficient (Wildman–Crippen LogP) is 4.18. The van der Waals surface area contributed by atoms with Crippen molar-refractivity contribution in [3.8, 4) is 5.75 Å². The lowest BCUT2D eigenvalue weighted by Crippen LogP contribution is -2.28. The summed E-state index contributed by atoms with van der Waals surface area (Å²) >= 11 is 0. The van der Waals surface area contributed by atoms with Crippen LogP contribution in [0.2, 0.25) is 0 Å². The third-order valence-corrected chi connectivity index (χ3v) is 6.52. The SMILES string of the molecule is CCCCC[C@H](O)CC[C@@H]1[C@H]2Cc3cccc(OC(=O)O)c3C[C@H]2C[C@H]1O. The fourth-order valence-electron chi connectivity index (χ4n) is 5.15. The van der Waals surface area contributed by atoms with Crippen molar-refractivity contribution in [2.45, 2.75) is 76.9 Å². The maximum atomic E-state index is 10.9. The van der Waals surface area contributed by atoms with Gasteiger partial charge in [-0.2, -0.15) is 0 Å². The van der Waals surface area contributed by atoms with E-state index in [4.69, 9.17) is 9.84 Å². The molecule has 0 unspecified atom stereocenters. The van der Waals surface area contributed by atoms with Crippen LogP contribution in [0.5, 0.6) is 5.75 Å². The molecule has 0 saturated heterocycles. The minimum atomic E-state index is -1.29. The number of unbranched alkanes of at least 4 members (excludes halogenated alkanes) is 2. The number of rotatable bonds is 8. The fraction of sp³-hybridized carbons (Fsp3) is 0.682. The van der Waals surface area contributed by atoms with Gasteiger partial charge >= 0.3 is 6.16 Å². The summed E-state index contributed by atoms with van der Waals surface area (Å²) in [7, 11) is 0. The third kappa shape index (κ3) is 4.82. The Morgan fingerprint density at radius 2 is 2.07 bits per heavy atom. The molecule has 0 bridgehead atoms. The van der Waals surface area contributed by atoms with E-state index in [9.17, 15) is 15.0 Å². The van der Waals surface area contributed by atoms with Crippen LogP contribution in [0.4, 0.5) is 4.79 Å². The van der Waals surface area contributed by atoms with Crippen molar-refractivity contribution in [3.05, 3.63) is 29.3 Å². The largest absolute Gasteiger partial charge is 0.511 e. The Morgan fingerprint density at radius 3 is 2.81 bits per heavy atom. The van der Waals surface area contributed by atoms with Crippen LogP contribution in [-0.4, -0.2) is 33.7 Å². The van der Waals surface area contributed by atoms with Crippen molar-refractivity contribution in [1.82, 2.24) is 0 Å². The Hall–Kier alpha value is -1.59. The maximum absolute atomic E-state index is 10.9. The number of carboxylic acid groups (broad SMARTS) is 1. The molecule has 5 atom stereocenters. The van der Waals surface area contributed by atoms with Gasteiger partial charge < -0.3 is 20.1 Å². The molecule has 27 heavy (non-hydrogen) atoms. The van der Waals surface area contributed by atoms with Gasteiger partial charge in [-0.05, 0) is 73.5 Å². The molecule has 0 heterocycles. The zero-order valence-electron chi connectivity index (χ0n) is 16.1. The molecular weight excluding hydrogens is 344 g/mol. The Kier molecular flexibility index (Phi) is 6.77. The minimum Gasteiger partial charge on any atom is -0.449 e. The molecule has 5 heteroatoms. The normalized spacial score (nSPS) is 27.7. The number of aliphatic hydroxyl groups is 2. The van der Waals surface area contributed by atoms with Gasteiger partial charge in [0.15, 0.2) is 0 Å². The summed E-state index contributed by atoms with van der Waals surface area (Å²) in [5.41, 5.74) is 2.12. The summed E-state index contributed by atoms with van der Waals surface area (Å²) in [5, 5.41) is 29.8. The van der Waals surface area contributed by atoms with Gasteiger partial charge in [0.1, 0.15) is 5.75 Å². The van der Waals surface area contributed by atoms with Gasteiger partial charge in [0.25, 0.3) is 0 Å². The van der Waals surface area contributed by atoms with Crippen LogP contribution >= 0.6 is 0 Å². The number of fused-ring (bicyclic) bond motifs is 2. The molecule has 0 amide bonds. The summed E-state index contributed by atoms with van der Waals surface area (Å²) in [6.07, 6.45) is 6.32. The van der Waals surface area contributed by atoms with Crippen molar-refractivity contribution < 1.29 is 24.9 Å². The molecule has 1 aromatic carbocycles. The van der Waals surface area contributed by atoms with Crippen molar-refractivity contribution in [2.75, 3.05) is 0 Å². The molecule has 150 valence electrons. The summed E-state index contributed by atoms with van der Waals surface area (Å²) < 4.78 is 4.96. The topological polar surface area (TPSA) is 87.0 Å². The van der Waals surface area contributed by atoms with E-state index in [1.165, 1.54) is 0 Å². The van der Waals surface area contributed by atoms with E-state index in [-0.39, 0.29) is 18.1 Å². The number of hydrogen-bond donors (Lipinski definition) is 3. The van der Waals surface area contributed by atoms with Crippen LogP contribution in [0.3, 0.4) is 0 Å². The van der Waals surface area contributed by atoms with E-state index in [2.05, 4.69) is 6.92 Å². The number of carbonyl (C=O) groups is 1. The molecule has 3 N–H and O–H groups in total. The Balaban J connectivity index is 1.64. The lowest BCUT2D eigenvalue weighted by atomic mass is 9.73. The maximum Gasteiger partial charge on any atom is 0.511 e. The summed E-state index contributed by atoms with van der Waals surface area (Å²) in [4.78, 5) is 10.9. The Labute approximate surface area is 161 Å². The minimum absolute atomic E-state index is 0.216. The Bertz CT molecular complexity index is 644. The summed E-state index contributed by atoms with van der Waals surface area (Å²) in [6, 6.07) is 5.60. The molecule has 1 aromatic rings. The van der Waals surface area contributed by atoms with E-state index < -0.39 is 6.16 Å². The van der Waals surface area contributed by atoms with Gasteiger partial charge in [0, 0.05) is 0 Å². The molecule has 0 spiro atoms. The molecule has 1 saturated carbocycles. The fourth-order valence-corrected chi connectivity index (χ4v) is 5.15. The molecule has 1 fully saturated rings. The van der Waals surface area contributed by atoms with Gasteiger partial charge in [-0.3, -0.25) is 0 Å². The second-order valence-corrected chi connectivity index (χ2v) is 8.29. The van der Waals surface area contributed by atoms with Gasteiger partial charge in [-0.1, -0.05) is 38.3 Å². The molecular formula is C22H32O5. The van der Waals surface area contributed by atoms with Crippen LogP contribution in [0, 0.1) is 17.8 Å². The second kappa shape index (κ2) is 9.07. The molecule has 5 nitrogen and oxygen atoms in total. The monoisotopic (exact) mass is 376 g/mol. The molecule has 0 aliphatic heterocycles. The quantitative estimate of drug-likeness (QED) is 0.360. The van der Waals surface area contributed by atoms with Crippen molar-refractivity contribution in [2.24, 2.45) is 17.8 Å². The number of benzene rings is 1. The first kappa shape index (κ1) is 20.2. The standard InChI is InChI=1S/C22H32O5/c1-2-3-4-7-16(23)9-10-17-18-11-14-6-5-8-21(27-22(25)26)19(14)12-15(18)13-20(17)24/h5-6,8,15-18,20,23-24H,2-4,7,9-13H2,1H3,(H,25,26)/t15-,16-,17+,18-,20+/m0/s1. The summed E-state index contributed by atoms with van der Waals surface area (Å²) in [5.74, 6) is 1.40. The average molecular weight is 376 g/mol. The number of ether oxygens (including phenoxy) is 1. The van der Waals surface area contributed by atoms with E-state index in [0.717, 1.165) is 68.9 Å². The lowest BCUT2D eigenvalue weighted by Gasteiger charge is -2.32. The smallest absolute Gasteiger partial charge is 0.449 e. The van der Waals surface area contributed by atoms with Crippen molar-refractivity contribution in [1.29, 1.82) is 0 Å². The first-order valence-electron chi connectivity index (χ1n) is 10.4. The molecule has 3 rings (SSSR count). The molecule has 0 aromatic heterocycles. The molecule has 2 aliphatic carbocycles. The zero-order valence-corrected chi connectivity index (χ0v) is 16.1. The molecule has 0 radical (unpaired) electrons. The van der Waals surface area contributed by atoms with E-state index in [1.807, 2.05) is 12.1 Å². The highest BCUT2D eigenvalue weighted by atomic mass is 16.7. The third-order valence-electron chi connectivity index (χ3n) is 6.52. The highest BCUT2D eigenvalue weighted by Crippen LogP contribution is 2.48. The van der Waals surface area contributed by atoms with Crippen LogP contribution in [0.15, 0.2) is 18.2 Å². The lowest BCUT2D eigenvalue weighted by molar-refractivity contribution is 0.0869. The number of hydrogen-bond acceptors (Lipinski definition) is 4. The molecule has 2 aliphatic rings. The number of aliphatic hydroxyl groups excluding tert-OH is 2. The van der Waals surface area contributed by atoms with Gasteiger partial charge in [-0.15, -0.1) is 0 Å². The second-order valence-electron chi connectivity index (χ2n) is 8.29. The van der Waals surface area contributed by atoms with Gasteiger partial charge in [-0.25, -0.2) is 4.79 Å². The predicted molar refractivity (Wildman–Crippen MR) is 103 cm³/mol. The van der Waals surface area contributed by atoms with Gasteiger partial charge in [0.05, 0.1) is 12.2 Å². The highest BCUT2D eigenvalue weighted by molar-refractivity contribution is 5.62. The van der Waals surface area contributed by atoms with Crippen molar-refractivity contribution in [3.63, 3.8) is 0 Å².